The molecule has 2 aliphatic heterocycles. The molecule has 1 amide bonds. The topological polar surface area (TPSA) is 79.3 Å². The van der Waals surface area contributed by atoms with Gasteiger partial charge in [0.2, 0.25) is 0 Å². The van der Waals surface area contributed by atoms with E-state index in [1.165, 1.54) is 12.8 Å². The van der Waals surface area contributed by atoms with Gasteiger partial charge in [-0.2, -0.15) is 0 Å². The average molecular weight is 415 g/mol. The largest absolute Gasteiger partial charge is 0.503 e. The van der Waals surface area contributed by atoms with E-state index in [9.17, 15) is 14.7 Å². The molecular weight excluding hydrogens is 384 g/mol. The van der Waals surface area contributed by atoms with E-state index in [4.69, 9.17) is 9.47 Å². The quantitative estimate of drug-likeness (QED) is 0.669. The summed E-state index contributed by atoms with van der Waals surface area (Å²) in [5.41, 5.74) is 0.980. The summed E-state index contributed by atoms with van der Waals surface area (Å²) in [6, 6.07) is 4.87. The van der Waals surface area contributed by atoms with Crippen LogP contribution in [0.4, 0.5) is 0 Å². The zero-order valence-corrected chi connectivity index (χ0v) is 17.7. The standard InChI is InChI=1S/C23H30N2O5/c1-3-30-17-9-8-16(14-18(17)29-2)20-19(21(26)15-6-7-15)22(27)23(28)25(20)13-12-24-10-4-5-11-24/h8-9,14-15,20,27H,3-7,10-13H2,1-2H3. The molecular formula is C23H30N2O5. The fourth-order valence-corrected chi connectivity index (χ4v) is 4.43. The summed E-state index contributed by atoms with van der Waals surface area (Å²) in [5.74, 6) is 0.107. The van der Waals surface area contributed by atoms with Crippen molar-refractivity contribution in [2.75, 3.05) is 39.9 Å². The third-order valence-corrected chi connectivity index (χ3v) is 6.18. The van der Waals surface area contributed by atoms with Crippen molar-refractivity contribution in [1.29, 1.82) is 0 Å². The molecule has 1 unspecified atom stereocenters. The van der Waals surface area contributed by atoms with E-state index in [1.54, 1.807) is 18.1 Å². The lowest BCUT2D eigenvalue weighted by molar-refractivity contribution is -0.129. The number of hydrogen-bond acceptors (Lipinski definition) is 6. The number of carbonyl (C=O) groups excluding carboxylic acids is 2. The number of aliphatic hydroxyl groups excluding tert-OH is 1. The van der Waals surface area contributed by atoms with Gasteiger partial charge < -0.3 is 24.4 Å². The first-order chi connectivity index (χ1) is 14.5. The molecule has 2 fully saturated rings. The van der Waals surface area contributed by atoms with E-state index in [1.807, 2.05) is 19.1 Å². The summed E-state index contributed by atoms with van der Waals surface area (Å²) in [7, 11) is 1.57. The number of benzene rings is 1. The Balaban J connectivity index is 1.68. The molecule has 7 nitrogen and oxygen atoms in total. The van der Waals surface area contributed by atoms with Gasteiger partial charge in [0, 0.05) is 19.0 Å². The normalized spacial score (nSPS) is 22.1. The minimum atomic E-state index is -0.599. The highest BCUT2D eigenvalue weighted by molar-refractivity contribution is 6.10. The van der Waals surface area contributed by atoms with Gasteiger partial charge >= 0.3 is 0 Å². The summed E-state index contributed by atoms with van der Waals surface area (Å²) in [6.45, 7) is 5.65. The second-order valence-corrected chi connectivity index (χ2v) is 8.19. The Morgan fingerprint density at radius 1 is 1.17 bits per heavy atom. The van der Waals surface area contributed by atoms with Crippen LogP contribution >= 0.6 is 0 Å². The van der Waals surface area contributed by atoms with Gasteiger partial charge in [-0.05, 0) is 63.4 Å². The molecule has 0 radical (unpaired) electrons. The summed E-state index contributed by atoms with van der Waals surface area (Å²) >= 11 is 0. The van der Waals surface area contributed by atoms with Crippen LogP contribution in [-0.2, 0) is 9.59 Å². The third kappa shape index (κ3) is 3.90. The molecule has 1 aromatic rings. The highest BCUT2D eigenvalue weighted by atomic mass is 16.5. The minimum Gasteiger partial charge on any atom is -0.503 e. The van der Waals surface area contributed by atoms with Crippen LogP contribution in [0.5, 0.6) is 11.5 Å². The van der Waals surface area contributed by atoms with E-state index >= 15 is 0 Å². The number of aliphatic hydroxyl groups is 1. The van der Waals surface area contributed by atoms with Crippen LogP contribution in [0.2, 0.25) is 0 Å². The molecule has 4 rings (SSSR count). The molecule has 2 heterocycles. The number of carbonyl (C=O) groups is 2. The van der Waals surface area contributed by atoms with Crippen molar-refractivity contribution in [2.45, 2.75) is 38.6 Å². The van der Waals surface area contributed by atoms with Gasteiger partial charge in [-0.15, -0.1) is 0 Å². The fourth-order valence-electron chi connectivity index (χ4n) is 4.43. The second kappa shape index (κ2) is 8.68. The highest BCUT2D eigenvalue weighted by Gasteiger charge is 2.47. The molecule has 1 saturated carbocycles. The number of rotatable bonds is 9. The van der Waals surface area contributed by atoms with Crippen LogP contribution in [0, 0.1) is 5.92 Å². The predicted octanol–water partition coefficient (Wildman–Crippen LogP) is 2.86. The third-order valence-electron chi connectivity index (χ3n) is 6.18. The molecule has 1 aliphatic carbocycles. The van der Waals surface area contributed by atoms with Crippen molar-refractivity contribution in [3.05, 3.63) is 35.1 Å². The molecule has 0 spiro atoms. The zero-order chi connectivity index (χ0) is 21.3. The Morgan fingerprint density at radius 3 is 2.53 bits per heavy atom. The van der Waals surface area contributed by atoms with Gasteiger partial charge in [0.15, 0.2) is 23.0 Å². The maximum Gasteiger partial charge on any atom is 0.290 e. The molecule has 7 heteroatoms. The highest BCUT2D eigenvalue weighted by Crippen LogP contribution is 2.44. The van der Waals surface area contributed by atoms with Crippen molar-refractivity contribution >= 4 is 11.7 Å². The summed E-state index contributed by atoms with van der Waals surface area (Å²) < 4.78 is 11.1. The molecule has 1 saturated heterocycles. The number of methoxy groups -OCH3 is 1. The van der Waals surface area contributed by atoms with E-state index in [-0.39, 0.29) is 17.3 Å². The van der Waals surface area contributed by atoms with Crippen molar-refractivity contribution in [3.8, 4) is 11.5 Å². The number of ketones is 1. The Bertz CT molecular complexity index is 855. The lowest BCUT2D eigenvalue weighted by Crippen LogP contribution is -2.38. The first-order valence-electron chi connectivity index (χ1n) is 10.9. The molecule has 1 N–H and O–H groups in total. The van der Waals surface area contributed by atoms with Crippen LogP contribution in [0.25, 0.3) is 0 Å². The minimum absolute atomic E-state index is 0.0828. The Morgan fingerprint density at radius 2 is 1.90 bits per heavy atom. The molecule has 162 valence electrons. The van der Waals surface area contributed by atoms with Crippen LogP contribution in [0.15, 0.2) is 29.5 Å². The zero-order valence-electron chi connectivity index (χ0n) is 17.7. The first-order valence-corrected chi connectivity index (χ1v) is 10.9. The number of ether oxygens (including phenoxy) is 2. The smallest absolute Gasteiger partial charge is 0.290 e. The van der Waals surface area contributed by atoms with Gasteiger partial charge in [0.1, 0.15) is 0 Å². The number of amides is 1. The monoisotopic (exact) mass is 414 g/mol. The van der Waals surface area contributed by atoms with E-state index < -0.39 is 17.7 Å². The van der Waals surface area contributed by atoms with Crippen molar-refractivity contribution < 1.29 is 24.2 Å². The van der Waals surface area contributed by atoms with E-state index in [0.717, 1.165) is 38.0 Å². The second-order valence-electron chi connectivity index (χ2n) is 8.19. The number of Topliss-reactive ketones (excluding diaryl/α,β-unsaturated/α-hetero) is 1. The SMILES string of the molecule is CCOc1ccc(C2C(C(=O)C3CC3)=C(O)C(=O)N2CCN2CCCC2)cc1OC. The van der Waals surface area contributed by atoms with E-state index in [2.05, 4.69) is 4.90 Å². The van der Waals surface area contributed by atoms with Crippen molar-refractivity contribution in [1.82, 2.24) is 9.80 Å². The molecule has 1 aromatic carbocycles. The van der Waals surface area contributed by atoms with Crippen LogP contribution in [0.3, 0.4) is 0 Å². The van der Waals surface area contributed by atoms with Crippen LogP contribution in [0.1, 0.15) is 44.2 Å². The van der Waals surface area contributed by atoms with Gasteiger partial charge in [0.05, 0.1) is 25.3 Å². The fraction of sp³-hybridized carbons (Fsp3) is 0.565. The van der Waals surface area contributed by atoms with Gasteiger partial charge in [-0.3, -0.25) is 9.59 Å². The molecule has 30 heavy (non-hydrogen) atoms. The van der Waals surface area contributed by atoms with Gasteiger partial charge in [-0.1, -0.05) is 6.07 Å². The lowest BCUT2D eigenvalue weighted by Gasteiger charge is -2.29. The molecule has 0 aromatic heterocycles. The number of likely N-dealkylation sites (tertiary alicyclic amines) is 1. The molecule has 1 atom stereocenters. The summed E-state index contributed by atoms with van der Waals surface area (Å²) in [5, 5.41) is 10.7. The van der Waals surface area contributed by atoms with Crippen molar-refractivity contribution in [2.24, 2.45) is 5.92 Å². The maximum absolute atomic E-state index is 13.0. The Kier molecular flexibility index (Phi) is 5.99. The average Bonchev–Trinajstić information content (AvgIpc) is 3.42. The Hall–Kier alpha value is -2.54. The van der Waals surface area contributed by atoms with Crippen molar-refractivity contribution in [3.63, 3.8) is 0 Å². The molecule has 3 aliphatic rings. The summed E-state index contributed by atoms with van der Waals surface area (Å²) in [6.07, 6.45) is 3.97. The maximum atomic E-state index is 13.0. The van der Waals surface area contributed by atoms with Crippen LogP contribution < -0.4 is 9.47 Å². The van der Waals surface area contributed by atoms with Crippen LogP contribution in [-0.4, -0.2) is 66.5 Å². The molecule has 0 bridgehead atoms. The van der Waals surface area contributed by atoms with Gasteiger partial charge in [-0.25, -0.2) is 0 Å². The lowest BCUT2D eigenvalue weighted by atomic mass is 9.94. The number of nitrogens with zero attached hydrogens (tertiary/aromatic N) is 2. The summed E-state index contributed by atoms with van der Waals surface area (Å²) in [4.78, 5) is 29.9. The van der Waals surface area contributed by atoms with Gasteiger partial charge in [0.25, 0.3) is 5.91 Å². The predicted molar refractivity (Wildman–Crippen MR) is 112 cm³/mol. The first kappa shape index (κ1) is 20.7. The Labute approximate surface area is 177 Å². The number of hydrogen-bond donors (Lipinski definition) is 1. The van der Waals surface area contributed by atoms with E-state index in [0.29, 0.717) is 24.7 Å².